The number of aryl methyl sites for hydroxylation is 1. The van der Waals surface area contributed by atoms with Crippen LogP contribution in [0.5, 0.6) is 0 Å². The predicted octanol–water partition coefficient (Wildman–Crippen LogP) is 2.05. The molecule has 0 aromatic carbocycles. The number of aliphatic hydroxyl groups is 1. The van der Waals surface area contributed by atoms with Crippen molar-refractivity contribution in [2.24, 2.45) is 5.92 Å². The van der Waals surface area contributed by atoms with Gasteiger partial charge < -0.3 is 5.11 Å². The van der Waals surface area contributed by atoms with E-state index in [1.165, 1.54) is 0 Å². The molecule has 122 valence electrons. The number of aliphatic hydroxyl groups excluding tert-OH is 1. The Morgan fingerprint density at radius 3 is 2.29 bits per heavy atom. The second-order valence-electron chi connectivity index (χ2n) is 5.72. The van der Waals surface area contributed by atoms with Crippen LogP contribution >= 0.6 is 0 Å². The van der Waals surface area contributed by atoms with Gasteiger partial charge in [0.1, 0.15) is 10.6 Å². The number of H-pyrrole nitrogens is 1. The fraction of sp³-hybridized carbons (Fsp3) is 0.786. The minimum absolute atomic E-state index is 0.0433. The van der Waals surface area contributed by atoms with E-state index in [2.05, 4.69) is 10.2 Å². The molecular weight excluding hydrogens is 290 g/mol. The second-order valence-corrected chi connectivity index (χ2v) is 7.55. The summed E-state index contributed by atoms with van der Waals surface area (Å²) >= 11 is 0. The molecule has 0 aliphatic carbocycles. The number of rotatable bonds is 8. The van der Waals surface area contributed by atoms with Gasteiger partial charge in [0, 0.05) is 12.6 Å². The first-order valence-electron chi connectivity index (χ1n) is 7.46. The van der Waals surface area contributed by atoms with Gasteiger partial charge in [-0.25, -0.2) is 8.42 Å². The summed E-state index contributed by atoms with van der Waals surface area (Å²) in [6, 6.07) is -0.0433. The Bertz CT molecular complexity index is 548. The summed E-state index contributed by atoms with van der Waals surface area (Å²) in [6.45, 7) is 9.72. The number of hydrogen-bond acceptors (Lipinski definition) is 4. The molecule has 0 atom stereocenters. The number of aromatic amines is 1. The lowest BCUT2D eigenvalue weighted by atomic mass is 10.1. The summed E-state index contributed by atoms with van der Waals surface area (Å²) < 4.78 is 27.7. The van der Waals surface area contributed by atoms with Gasteiger partial charge in [-0.15, -0.1) is 0 Å². The van der Waals surface area contributed by atoms with Crippen molar-refractivity contribution in [3.63, 3.8) is 0 Å². The van der Waals surface area contributed by atoms with Crippen molar-refractivity contribution in [2.45, 2.75) is 65.0 Å². The highest BCUT2D eigenvalue weighted by molar-refractivity contribution is 7.89. The summed E-state index contributed by atoms with van der Waals surface area (Å²) in [7, 11) is -3.67. The Morgan fingerprint density at radius 1 is 1.29 bits per heavy atom. The summed E-state index contributed by atoms with van der Waals surface area (Å²) in [5, 5.41) is 15.9. The maximum Gasteiger partial charge on any atom is 0.247 e. The molecule has 0 saturated carbocycles. The normalized spacial score (nSPS) is 12.8. The minimum atomic E-state index is -3.67. The van der Waals surface area contributed by atoms with Crippen LogP contribution in [0.2, 0.25) is 0 Å². The summed E-state index contributed by atoms with van der Waals surface area (Å²) in [5.41, 5.74) is 0.658. The molecule has 0 aliphatic heterocycles. The molecule has 21 heavy (non-hydrogen) atoms. The molecule has 0 bridgehead atoms. The molecule has 0 aliphatic rings. The van der Waals surface area contributed by atoms with Gasteiger partial charge in [-0.05, 0) is 25.7 Å². The topological polar surface area (TPSA) is 86.3 Å². The lowest BCUT2D eigenvalue weighted by molar-refractivity contribution is 0.266. The molecule has 1 aromatic rings. The largest absolute Gasteiger partial charge is 0.390 e. The highest BCUT2D eigenvalue weighted by Gasteiger charge is 2.34. The van der Waals surface area contributed by atoms with Gasteiger partial charge >= 0.3 is 0 Å². The molecule has 0 saturated heterocycles. The summed E-state index contributed by atoms with van der Waals surface area (Å²) in [5.74, 6) is 0.227. The Balaban J connectivity index is 3.36. The average molecular weight is 317 g/mol. The van der Waals surface area contributed by atoms with E-state index in [-0.39, 0.29) is 22.5 Å². The Morgan fingerprint density at radius 2 is 1.86 bits per heavy atom. The third-order valence-corrected chi connectivity index (χ3v) is 5.69. The first-order chi connectivity index (χ1) is 9.79. The molecular formula is C14H27N3O3S. The van der Waals surface area contributed by atoms with Crippen LogP contribution in [-0.2, 0) is 16.6 Å². The summed E-state index contributed by atoms with van der Waals surface area (Å²) in [4.78, 5) is 0.123. The number of sulfonamides is 1. The smallest absolute Gasteiger partial charge is 0.247 e. The first-order valence-corrected chi connectivity index (χ1v) is 8.90. The lowest BCUT2D eigenvalue weighted by Gasteiger charge is -2.31. The van der Waals surface area contributed by atoms with E-state index in [9.17, 15) is 13.5 Å². The molecule has 7 heteroatoms. The van der Waals surface area contributed by atoms with Gasteiger partial charge in [-0.1, -0.05) is 27.7 Å². The molecule has 1 rings (SSSR count). The number of aromatic nitrogens is 2. The Labute approximate surface area is 127 Å². The first kappa shape index (κ1) is 18.1. The molecule has 0 fully saturated rings. The van der Waals surface area contributed by atoms with Crippen molar-refractivity contribution in [1.29, 1.82) is 0 Å². The molecule has 2 N–H and O–H groups in total. The van der Waals surface area contributed by atoms with Crippen LogP contribution in [0.4, 0.5) is 0 Å². The lowest BCUT2D eigenvalue weighted by Crippen LogP contribution is -2.42. The van der Waals surface area contributed by atoms with Gasteiger partial charge in [0.15, 0.2) is 0 Å². The number of nitrogens with one attached hydrogen (secondary N) is 1. The Kier molecular flexibility index (Phi) is 6.37. The van der Waals surface area contributed by atoms with Crippen LogP contribution in [0, 0.1) is 12.8 Å². The molecule has 1 heterocycles. The van der Waals surface area contributed by atoms with Gasteiger partial charge in [0.05, 0.1) is 12.3 Å². The predicted molar refractivity (Wildman–Crippen MR) is 82.3 cm³/mol. The molecule has 0 unspecified atom stereocenters. The zero-order valence-electron chi connectivity index (χ0n) is 13.5. The van der Waals surface area contributed by atoms with E-state index in [1.54, 1.807) is 11.2 Å². The maximum absolute atomic E-state index is 13.0. The van der Waals surface area contributed by atoms with Crippen LogP contribution in [0.15, 0.2) is 4.90 Å². The fourth-order valence-corrected chi connectivity index (χ4v) is 4.80. The van der Waals surface area contributed by atoms with Crippen molar-refractivity contribution in [2.75, 3.05) is 6.54 Å². The van der Waals surface area contributed by atoms with Crippen LogP contribution < -0.4 is 0 Å². The summed E-state index contributed by atoms with van der Waals surface area (Å²) in [6.07, 6.45) is 1.52. The zero-order chi connectivity index (χ0) is 16.2. The van der Waals surface area contributed by atoms with Gasteiger partial charge in [-0.3, -0.25) is 5.10 Å². The van der Waals surface area contributed by atoms with E-state index < -0.39 is 16.6 Å². The second kappa shape index (κ2) is 7.38. The third kappa shape index (κ3) is 3.84. The van der Waals surface area contributed by atoms with Crippen molar-refractivity contribution in [1.82, 2.24) is 14.5 Å². The fourth-order valence-electron chi connectivity index (χ4n) is 2.54. The van der Waals surface area contributed by atoms with Gasteiger partial charge in [-0.2, -0.15) is 9.40 Å². The molecule has 0 spiro atoms. The highest BCUT2D eigenvalue weighted by Crippen LogP contribution is 2.26. The van der Waals surface area contributed by atoms with E-state index in [4.69, 9.17) is 0 Å². The maximum atomic E-state index is 13.0. The standard InChI is InChI=1S/C14H27N3O3S/c1-6-12(7-2)17(8-10(3)4)21(19,20)14-11(5)15-16-13(14)9-18/h10,12,18H,6-9H2,1-5H3,(H,15,16). The quantitative estimate of drug-likeness (QED) is 0.768. The van der Waals surface area contributed by atoms with E-state index >= 15 is 0 Å². The Hall–Kier alpha value is -0.920. The SMILES string of the molecule is CCC(CC)N(CC(C)C)S(=O)(=O)c1c(CO)n[nH]c1C. The highest BCUT2D eigenvalue weighted by atomic mass is 32.2. The zero-order valence-corrected chi connectivity index (χ0v) is 14.4. The number of hydrogen-bond donors (Lipinski definition) is 2. The van der Waals surface area contributed by atoms with Crippen LogP contribution in [0.25, 0.3) is 0 Å². The average Bonchev–Trinajstić information content (AvgIpc) is 2.80. The van der Waals surface area contributed by atoms with Crippen molar-refractivity contribution in [3.05, 3.63) is 11.4 Å². The van der Waals surface area contributed by atoms with Gasteiger partial charge in [0.25, 0.3) is 0 Å². The monoisotopic (exact) mass is 317 g/mol. The third-order valence-electron chi connectivity index (χ3n) is 3.57. The molecule has 6 nitrogen and oxygen atoms in total. The molecule has 0 amide bonds. The number of nitrogens with zero attached hydrogens (tertiary/aromatic N) is 2. The van der Waals surface area contributed by atoms with Crippen LogP contribution in [0.1, 0.15) is 51.9 Å². The molecule has 1 aromatic heterocycles. The van der Waals surface area contributed by atoms with Crippen molar-refractivity contribution >= 4 is 10.0 Å². The van der Waals surface area contributed by atoms with Gasteiger partial charge in [0.2, 0.25) is 10.0 Å². The van der Waals surface area contributed by atoms with Crippen LogP contribution in [-0.4, -0.2) is 40.6 Å². The minimum Gasteiger partial charge on any atom is -0.390 e. The van der Waals surface area contributed by atoms with E-state index in [0.717, 1.165) is 12.8 Å². The van der Waals surface area contributed by atoms with E-state index in [1.807, 2.05) is 27.7 Å². The molecule has 0 radical (unpaired) electrons. The van der Waals surface area contributed by atoms with E-state index in [0.29, 0.717) is 12.2 Å². The van der Waals surface area contributed by atoms with Crippen molar-refractivity contribution < 1.29 is 13.5 Å². The van der Waals surface area contributed by atoms with Crippen molar-refractivity contribution in [3.8, 4) is 0 Å². The van der Waals surface area contributed by atoms with Crippen LogP contribution in [0.3, 0.4) is 0 Å².